The topological polar surface area (TPSA) is 66.5 Å². The van der Waals surface area contributed by atoms with Crippen LogP contribution in [0.1, 0.15) is 22.2 Å². The van der Waals surface area contributed by atoms with Gasteiger partial charge >= 0.3 is 0 Å². The van der Waals surface area contributed by atoms with E-state index in [0.717, 1.165) is 21.3 Å². The number of amides is 1. The molecule has 3 rings (SSSR count). The highest BCUT2D eigenvalue weighted by Crippen LogP contribution is 2.30. The number of sulfonamides is 1. The molecular weight excluding hydrogens is 368 g/mol. The van der Waals surface area contributed by atoms with Crippen LogP contribution in [0.3, 0.4) is 0 Å². The molecule has 136 valence electrons. The molecule has 0 fully saturated rings. The van der Waals surface area contributed by atoms with Crippen LogP contribution in [0.2, 0.25) is 0 Å². The molecule has 0 spiro atoms. The van der Waals surface area contributed by atoms with Gasteiger partial charge in [-0.3, -0.25) is 9.10 Å². The van der Waals surface area contributed by atoms with E-state index in [4.69, 9.17) is 0 Å². The fourth-order valence-electron chi connectivity index (χ4n) is 2.61. The minimum Gasteiger partial charge on any atom is -0.321 e. The van der Waals surface area contributed by atoms with Gasteiger partial charge in [0.05, 0.1) is 16.3 Å². The lowest BCUT2D eigenvalue weighted by Gasteiger charge is -2.18. The van der Waals surface area contributed by atoms with Gasteiger partial charge in [-0.1, -0.05) is 12.1 Å². The summed E-state index contributed by atoms with van der Waals surface area (Å²) in [6, 6.07) is 14.8. The van der Waals surface area contributed by atoms with E-state index in [1.54, 1.807) is 25.1 Å². The van der Waals surface area contributed by atoms with E-state index in [-0.39, 0.29) is 11.7 Å². The van der Waals surface area contributed by atoms with Crippen LogP contribution in [0.25, 0.3) is 10.1 Å². The first-order chi connectivity index (χ1) is 12.3. The van der Waals surface area contributed by atoms with Gasteiger partial charge < -0.3 is 5.32 Å². The van der Waals surface area contributed by atoms with E-state index in [9.17, 15) is 13.2 Å². The van der Waals surface area contributed by atoms with E-state index in [1.807, 2.05) is 37.3 Å². The Labute approximate surface area is 157 Å². The number of nitrogens with one attached hydrogen (secondary N) is 1. The lowest BCUT2D eigenvalue weighted by Crippen LogP contribution is -2.27. The smallest absolute Gasteiger partial charge is 0.265 e. The molecule has 0 radical (unpaired) electrons. The molecule has 1 aromatic heterocycles. The van der Waals surface area contributed by atoms with Crippen molar-refractivity contribution in [2.75, 3.05) is 22.4 Å². The minimum absolute atomic E-state index is 0.0370. The molecule has 0 saturated heterocycles. The summed E-state index contributed by atoms with van der Waals surface area (Å²) in [5, 5.41) is 3.74. The van der Waals surface area contributed by atoms with Crippen LogP contribution < -0.4 is 9.62 Å². The number of thiophene rings is 1. The molecular formula is C19H20N2O3S2. The second kappa shape index (κ2) is 7.09. The Morgan fingerprint density at radius 1 is 1.15 bits per heavy atom. The number of fused-ring (bicyclic) bond motifs is 1. The van der Waals surface area contributed by atoms with Crippen molar-refractivity contribution in [3.63, 3.8) is 0 Å². The van der Waals surface area contributed by atoms with Crippen LogP contribution in [0, 0.1) is 6.92 Å². The van der Waals surface area contributed by atoms with Crippen LogP contribution >= 0.6 is 11.3 Å². The number of hydrogen-bond acceptors (Lipinski definition) is 4. The molecule has 1 N–H and O–H groups in total. The number of rotatable bonds is 5. The van der Waals surface area contributed by atoms with Crippen LogP contribution in [0.4, 0.5) is 11.4 Å². The third-order valence-electron chi connectivity index (χ3n) is 4.15. The van der Waals surface area contributed by atoms with Gasteiger partial charge in [0, 0.05) is 17.4 Å². The van der Waals surface area contributed by atoms with E-state index in [1.165, 1.54) is 22.7 Å². The van der Waals surface area contributed by atoms with Crippen molar-refractivity contribution in [1.29, 1.82) is 0 Å². The molecule has 3 aromatic rings. The Hall–Kier alpha value is -2.38. The predicted octanol–water partition coefficient (Wildman–Crippen LogP) is 4.25. The van der Waals surface area contributed by atoms with E-state index in [2.05, 4.69) is 5.32 Å². The van der Waals surface area contributed by atoms with Crippen LogP contribution in [-0.2, 0) is 10.0 Å². The predicted molar refractivity (Wildman–Crippen MR) is 109 cm³/mol. The number of anilines is 2. The second-order valence-electron chi connectivity index (χ2n) is 6.02. The van der Waals surface area contributed by atoms with Crippen molar-refractivity contribution in [2.24, 2.45) is 0 Å². The average Bonchev–Trinajstić information content (AvgIpc) is 3.04. The Morgan fingerprint density at radius 3 is 2.62 bits per heavy atom. The Morgan fingerprint density at radius 2 is 1.92 bits per heavy atom. The van der Waals surface area contributed by atoms with Gasteiger partial charge in [-0.25, -0.2) is 8.42 Å². The summed E-state index contributed by atoms with van der Waals surface area (Å²) in [6.07, 6.45) is 0. The van der Waals surface area contributed by atoms with Crippen LogP contribution in [0.5, 0.6) is 0 Å². The molecule has 0 aliphatic carbocycles. The number of hydrogen-bond donors (Lipinski definition) is 1. The molecule has 0 bridgehead atoms. The number of nitrogens with zero attached hydrogens (tertiary/aromatic N) is 1. The van der Waals surface area contributed by atoms with Crippen LogP contribution in [0.15, 0.2) is 48.5 Å². The quantitative estimate of drug-likeness (QED) is 0.711. The van der Waals surface area contributed by atoms with Gasteiger partial charge in [-0.15, -0.1) is 11.3 Å². The van der Waals surface area contributed by atoms with Gasteiger partial charge in [0.15, 0.2) is 0 Å². The normalized spacial score (nSPS) is 11.5. The van der Waals surface area contributed by atoms with Gasteiger partial charge in [-0.2, -0.15) is 0 Å². The Kier molecular flexibility index (Phi) is 5.02. The van der Waals surface area contributed by atoms with Gasteiger partial charge in [0.2, 0.25) is 10.0 Å². The molecule has 26 heavy (non-hydrogen) atoms. The molecule has 2 aromatic carbocycles. The summed E-state index contributed by atoms with van der Waals surface area (Å²) in [5.74, 6) is -0.136. The minimum atomic E-state index is -3.32. The molecule has 1 amide bonds. The first kappa shape index (κ1) is 18.4. The van der Waals surface area contributed by atoms with Gasteiger partial charge in [0.1, 0.15) is 0 Å². The lowest BCUT2D eigenvalue weighted by atomic mass is 10.2. The fourth-order valence-corrected chi connectivity index (χ4v) is 4.37. The summed E-state index contributed by atoms with van der Waals surface area (Å²) in [6.45, 7) is 3.58. The van der Waals surface area contributed by atoms with E-state index < -0.39 is 10.0 Å². The number of carbonyl (C=O) groups is 1. The third kappa shape index (κ3) is 3.73. The Bertz CT molecular complexity index is 1070. The highest BCUT2D eigenvalue weighted by molar-refractivity contribution is 7.92. The maximum atomic E-state index is 12.5. The summed E-state index contributed by atoms with van der Waals surface area (Å²) in [7, 11) is -1.78. The monoisotopic (exact) mass is 388 g/mol. The fraction of sp³-hybridized carbons (Fsp3) is 0.211. The zero-order valence-corrected chi connectivity index (χ0v) is 16.4. The molecule has 1 heterocycles. The number of benzene rings is 2. The molecule has 0 atom stereocenters. The molecule has 5 nitrogen and oxygen atoms in total. The molecule has 0 aliphatic heterocycles. The average molecular weight is 389 g/mol. The van der Waals surface area contributed by atoms with Crippen molar-refractivity contribution >= 4 is 48.7 Å². The van der Waals surface area contributed by atoms with Crippen molar-refractivity contribution in [1.82, 2.24) is 0 Å². The van der Waals surface area contributed by atoms with Crippen molar-refractivity contribution in [3.05, 3.63) is 59.0 Å². The number of aryl methyl sites for hydroxylation is 1. The summed E-state index contributed by atoms with van der Waals surface area (Å²) in [4.78, 5) is 13.1. The largest absolute Gasteiger partial charge is 0.321 e. The maximum absolute atomic E-state index is 12.5. The number of carbonyl (C=O) groups excluding carboxylic acids is 1. The van der Waals surface area contributed by atoms with Crippen LogP contribution in [-0.4, -0.2) is 27.1 Å². The zero-order valence-electron chi connectivity index (χ0n) is 14.8. The maximum Gasteiger partial charge on any atom is 0.265 e. The second-order valence-corrected chi connectivity index (χ2v) is 9.40. The van der Waals surface area contributed by atoms with Crippen molar-refractivity contribution in [3.8, 4) is 0 Å². The van der Waals surface area contributed by atoms with E-state index >= 15 is 0 Å². The summed E-state index contributed by atoms with van der Waals surface area (Å²) in [5.41, 5.74) is 2.41. The lowest BCUT2D eigenvalue weighted by molar-refractivity contribution is 0.103. The highest BCUT2D eigenvalue weighted by atomic mass is 32.2. The molecule has 7 heteroatoms. The van der Waals surface area contributed by atoms with Gasteiger partial charge in [0.25, 0.3) is 5.91 Å². The van der Waals surface area contributed by atoms with E-state index in [0.29, 0.717) is 10.6 Å². The van der Waals surface area contributed by atoms with Crippen molar-refractivity contribution in [2.45, 2.75) is 13.8 Å². The molecule has 0 saturated carbocycles. The molecule has 0 unspecified atom stereocenters. The highest BCUT2D eigenvalue weighted by Gasteiger charge is 2.17. The SMILES string of the molecule is CCS(=O)(=O)N(C)c1ccc2sc(C(=O)Nc3cccc(C)c3)cc2c1. The molecule has 0 aliphatic rings. The summed E-state index contributed by atoms with van der Waals surface area (Å²) >= 11 is 1.38. The Balaban J connectivity index is 1.88. The summed E-state index contributed by atoms with van der Waals surface area (Å²) < 4.78 is 26.3. The van der Waals surface area contributed by atoms with Crippen molar-refractivity contribution < 1.29 is 13.2 Å². The first-order valence-corrected chi connectivity index (χ1v) is 10.6. The van der Waals surface area contributed by atoms with Gasteiger partial charge in [-0.05, 0) is 61.2 Å². The zero-order chi connectivity index (χ0) is 18.9. The third-order valence-corrected chi connectivity index (χ3v) is 7.04. The standard InChI is InChI=1S/C19H20N2O3S2/c1-4-26(23,24)21(3)16-8-9-17-14(11-16)12-18(25-17)19(22)20-15-7-5-6-13(2)10-15/h5-12H,4H2,1-3H3,(H,20,22). The first-order valence-electron chi connectivity index (χ1n) is 8.18.